The van der Waals surface area contributed by atoms with Crippen molar-refractivity contribution in [2.45, 2.75) is 19.0 Å². The van der Waals surface area contributed by atoms with Crippen molar-refractivity contribution in [3.05, 3.63) is 29.6 Å². The van der Waals surface area contributed by atoms with Crippen molar-refractivity contribution in [2.75, 3.05) is 27.2 Å². The summed E-state index contributed by atoms with van der Waals surface area (Å²) in [5, 5.41) is 0. The molecule has 1 atom stereocenters. The SMILES string of the molecule is CN(C)C1CCN(Cc2cccnc2C(N)=S)C1. The van der Waals surface area contributed by atoms with Gasteiger partial charge < -0.3 is 10.6 Å². The first-order valence-corrected chi connectivity index (χ1v) is 6.61. The molecule has 0 radical (unpaired) electrons. The Balaban J connectivity index is 2.05. The summed E-state index contributed by atoms with van der Waals surface area (Å²) in [6.45, 7) is 3.10. The minimum absolute atomic E-state index is 0.383. The highest BCUT2D eigenvalue weighted by molar-refractivity contribution is 7.80. The molecule has 0 bridgehead atoms. The summed E-state index contributed by atoms with van der Waals surface area (Å²) in [6.07, 6.45) is 2.96. The van der Waals surface area contributed by atoms with Crippen LogP contribution in [-0.4, -0.2) is 53.0 Å². The van der Waals surface area contributed by atoms with Gasteiger partial charge in [0.05, 0.1) is 0 Å². The lowest BCUT2D eigenvalue weighted by molar-refractivity contribution is 0.264. The minimum Gasteiger partial charge on any atom is -0.388 e. The maximum absolute atomic E-state index is 5.71. The lowest BCUT2D eigenvalue weighted by Gasteiger charge is -2.20. The first-order valence-electron chi connectivity index (χ1n) is 6.20. The summed E-state index contributed by atoms with van der Waals surface area (Å²) in [6, 6.07) is 4.65. The number of hydrogen-bond donors (Lipinski definition) is 1. The monoisotopic (exact) mass is 264 g/mol. The average molecular weight is 264 g/mol. The molecule has 18 heavy (non-hydrogen) atoms. The van der Waals surface area contributed by atoms with E-state index < -0.39 is 0 Å². The standard InChI is InChI=1S/C13H20N4S/c1-16(2)11-5-7-17(9-11)8-10-4-3-6-15-12(10)13(14)18/h3-4,6,11H,5,7-9H2,1-2H3,(H2,14,18). The zero-order valence-electron chi connectivity index (χ0n) is 11.0. The predicted octanol–water partition coefficient (Wildman–Crippen LogP) is 0.852. The van der Waals surface area contributed by atoms with Crippen molar-refractivity contribution in [1.29, 1.82) is 0 Å². The Bertz CT molecular complexity index is 433. The van der Waals surface area contributed by atoms with E-state index in [9.17, 15) is 0 Å². The fourth-order valence-corrected chi connectivity index (χ4v) is 2.59. The summed E-state index contributed by atoms with van der Waals surface area (Å²) in [5.74, 6) is 0. The molecule has 1 aliphatic heterocycles. The van der Waals surface area contributed by atoms with Crippen molar-refractivity contribution in [3.8, 4) is 0 Å². The molecule has 0 amide bonds. The van der Waals surface area contributed by atoms with Crippen molar-refractivity contribution in [1.82, 2.24) is 14.8 Å². The van der Waals surface area contributed by atoms with Gasteiger partial charge in [-0.2, -0.15) is 0 Å². The van der Waals surface area contributed by atoms with Crippen LogP contribution >= 0.6 is 12.2 Å². The number of hydrogen-bond acceptors (Lipinski definition) is 4. The molecular formula is C13H20N4S. The molecule has 0 aliphatic carbocycles. The molecule has 2 rings (SSSR count). The third-order valence-electron chi connectivity index (χ3n) is 3.50. The van der Waals surface area contributed by atoms with Gasteiger partial charge in [-0.15, -0.1) is 0 Å². The van der Waals surface area contributed by atoms with E-state index in [1.807, 2.05) is 6.07 Å². The fourth-order valence-electron chi connectivity index (χ4n) is 2.41. The molecule has 2 heterocycles. The van der Waals surface area contributed by atoms with Gasteiger partial charge in [-0.05, 0) is 32.1 Å². The van der Waals surface area contributed by atoms with E-state index in [0.717, 1.165) is 30.9 Å². The third-order valence-corrected chi connectivity index (χ3v) is 3.69. The number of rotatable bonds is 4. The van der Waals surface area contributed by atoms with Gasteiger partial charge in [0, 0.05) is 31.9 Å². The van der Waals surface area contributed by atoms with Crippen LogP contribution in [0.1, 0.15) is 17.7 Å². The topological polar surface area (TPSA) is 45.4 Å². The Morgan fingerprint density at radius 1 is 1.61 bits per heavy atom. The molecule has 1 fully saturated rings. The molecule has 1 unspecified atom stereocenters. The van der Waals surface area contributed by atoms with Gasteiger partial charge in [0.2, 0.25) is 0 Å². The molecule has 1 saturated heterocycles. The first-order chi connectivity index (χ1) is 8.58. The Morgan fingerprint density at radius 2 is 2.39 bits per heavy atom. The van der Waals surface area contributed by atoms with Gasteiger partial charge in [0.1, 0.15) is 10.7 Å². The quantitative estimate of drug-likeness (QED) is 0.817. The van der Waals surface area contributed by atoms with Crippen molar-refractivity contribution in [3.63, 3.8) is 0 Å². The molecular weight excluding hydrogens is 244 g/mol. The molecule has 5 heteroatoms. The van der Waals surface area contributed by atoms with E-state index in [1.54, 1.807) is 6.20 Å². The fraction of sp³-hybridized carbons (Fsp3) is 0.538. The molecule has 1 aliphatic rings. The van der Waals surface area contributed by atoms with Crippen molar-refractivity contribution >= 4 is 17.2 Å². The van der Waals surface area contributed by atoms with Gasteiger partial charge in [-0.3, -0.25) is 9.88 Å². The maximum atomic E-state index is 5.71. The van der Waals surface area contributed by atoms with Crippen LogP contribution in [0.15, 0.2) is 18.3 Å². The highest BCUT2D eigenvalue weighted by atomic mass is 32.1. The molecule has 0 aromatic carbocycles. The molecule has 4 nitrogen and oxygen atoms in total. The molecule has 0 spiro atoms. The highest BCUT2D eigenvalue weighted by Crippen LogP contribution is 2.17. The zero-order valence-corrected chi connectivity index (χ0v) is 11.8. The second-order valence-electron chi connectivity index (χ2n) is 5.02. The number of aromatic nitrogens is 1. The van der Waals surface area contributed by atoms with Crippen molar-refractivity contribution in [2.24, 2.45) is 5.73 Å². The summed E-state index contributed by atoms with van der Waals surface area (Å²) in [4.78, 5) is 9.38. The van der Waals surface area contributed by atoms with Gasteiger partial charge in [0.25, 0.3) is 0 Å². The number of likely N-dealkylation sites (tertiary alicyclic amines) is 1. The largest absolute Gasteiger partial charge is 0.388 e. The van der Waals surface area contributed by atoms with Crippen LogP contribution in [0.3, 0.4) is 0 Å². The zero-order chi connectivity index (χ0) is 13.1. The van der Waals surface area contributed by atoms with Gasteiger partial charge in [-0.1, -0.05) is 18.3 Å². The highest BCUT2D eigenvalue weighted by Gasteiger charge is 2.24. The average Bonchev–Trinajstić information content (AvgIpc) is 2.78. The molecule has 0 saturated carbocycles. The number of thiocarbonyl (C=S) groups is 1. The van der Waals surface area contributed by atoms with Crippen LogP contribution in [-0.2, 0) is 6.54 Å². The smallest absolute Gasteiger partial charge is 0.123 e. The van der Waals surface area contributed by atoms with E-state index in [4.69, 9.17) is 18.0 Å². The van der Waals surface area contributed by atoms with Gasteiger partial charge in [0.15, 0.2) is 0 Å². The number of likely N-dealkylation sites (N-methyl/N-ethyl adjacent to an activating group) is 1. The van der Waals surface area contributed by atoms with E-state index >= 15 is 0 Å². The molecule has 98 valence electrons. The molecule has 2 N–H and O–H groups in total. The summed E-state index contributed by atoms with van der Waals surface area (Å²) >= 11 is 5.04. The van der Waals surface area contributed by atoms with Gasteiger partial charge in [-0.25, -0.2) is 0 Å². The minimum atomic E-state index is 0.383. The lowest BCUT2D eigenvalue weighted by Crippen LogP contribution is -2.31. The van der Waals surface area contributed by atoms with Crippen LogP contribution in [0.4, 0.5) is 0 Å². The van der Waals surface area contributed by atoms with Crippen LogP contribution in [0.5, 0.6) is 0 Å². The predicted molar refractivity (Wildman–Crippen MR) is 77.5 cm³/mol. The molecule has 1 aromatic rings. The number of nitrogens with zero attached hydrogens (tertiary/aromatic N) is 3. The van der Waals surface area contributed by atoms with E-state index in [2.05, 4.69) is 34.9 Å². The van der Waals surface area contributed by atoms with E-state index in [-0.39, 0.29) is 0 Å². The Kier molecular flexibility index (Phi) is 4.27. The lowest BCUT2D eigenvalue weighted by atomic mass is 10.2. The van der Waals surface area contributed by atoms with Crippen LogP contribution < -0.4 is 5.73 Å². The number of nitrogens with two attached hydrogens (primary N) is 1. The Labute approximate surface area is 114 Å². The van der Waals surface area contributed by atoms with Gasteiger partial charge >= 0.3 is 0 Å². The molecule has 1 aromatic heterocycles. The van der Waals surface area contributed by atoms with E-state index in [0.29, 0.717) is 11.0 Å². The van der Waals surface area contributed by atoms with Crippen molar-refractivity contribution < 1.29 is 0 Å². The normalized spacial score (nSPS) is 20.5. The second-order valence-corrected chi connectivity index (χ2v) is 5.46. The van der Waals surface area contributed by atoms with Crippen LogP contribution in [0.2, 0.25) is 0 Å². The van der Waals surface area contributed by atoms with E-state index in [1.165, 1.54) is 6.42 Å². The number of pyridine rings is 1. The summed E-state index contributed by atoms with van der Waals surface area (Å²) in [5.41, 5.74) is 7.60. The Hall–Kier alpha value is -1.04. The van der Waals surface area contributed by atoms with Crippen LogP contribution in [0.25, 0.3) is 0 Å². The van der Waals surface area contributed by atoms with Crippen LogP contribution in [0, 0.1) is 0 Å². The first kappa shape index (κ1) is 13.4. The third kappa shape index (κ3) is 3.04. The summed E-state index contributed by atoms with van der Waals surface area (Å²) in [7, 11) is 4.28. The maximum Gasteiger partial charge on any atom is 0.123 e. The summed E-state index contributed by atoms with van der Waals surface area (Å²) < 4.78 is 0. The Morgan fingerprint density at radius 3 is 3.00 bits per heavy atom. The second kappa shape index (κ2) is 5.73.